The molecule has 0 spiro atoms. The minimum Gasteiger partial charge on any atom is -0.497 e. The lowest BCUT2D eigenvalue weighted by Crippen LogP contribution is -2.52. The number of methoxy groups -OCH3 is 1. The molecule has 0 unspecified atom stereocenters. The van der Waals surface area contributed by atoms with Gasteiger partial charge in [0.15, 0.2) is 0 Å². The molecule has 3 aromatic carbocycles. The van der Waals surface area contributed by atoms with Crippen molar-refractivity contribution in [2.24, 2.45) is 0 Å². The highest BCUT2D eigenvalue weighted by Crippen LogP contribution is 2.24. The van der Waals surface area contributed by atoms with Crippen molar-refractivity contribution >= 4 is 23.6 Å². The highest BCUT2D eigenvalue weighted by Gasteiger charge is 2.32. The van der Waals surface area contributed by atoms with Gasteiger partial charge in [-0.05, 0) is 55.2 Å². The molecule has 0 saturated heterocycles. The summed E-state index contributed by atoms with van der Waals surface area (Å²) in [6.07, 6.45) is 4.72. The largest absolute Gasteiger partial charge is 0.497 e. The Morgan fingerprint density at radius 2 is 1.68 bits per heavy atom. The Kier molecular flexibility index (Phi) is 9.66. The number of thioether (sulfide) groups is 1. The molecule has 0 radical (unpaired) electrons. The van der Waals surface area contributed by atoms with Crippen LogP contribution in [0.1, 0.15) is 42.4 Å². The third-order valence-corrected chi connectivity index (χ3v) is 7.84. The number of hydrogen-bond donors (Lipinski definition) is 1. The van der Waals surface area contributed by atoms with Crippen molar-refractivity contribution in [2.45, 2.75) is 62.6 Å². The minimum atomic E-state index is -0.611. The van der Waals surface area contributed by atoms with Crippen molar-refractivity contribution in [2.75, 3.05) is 12.9 Å². The molecule has 3 aromatic rings. The average Bonchev–Trinajstić information content (AvgIpc) is 3.44. The molecular weight excluding hydrogens is 480 g/mol. The average molecular weight is 517 g/mol. The zero-order valence-corrected chi connectivity index (χ0v) is 22.5. The Bertz CT molecular complexity index is 1160. The van der Waals surface area contributed by atoms with Crippen LogP contribution >= 0.6 is 11.8 Å². The smallest absolute Gasteiger partial charge is 0.243 e. The van der Waals surface area contributed by atoms with E-state index < -0.39 is 6.04 Å². The van der Waals surface area contributed by atoms with E-state index >= 15 is 0 Å². The first kappa shape index (κ1) is 26.8. The summed E-state index contributed by atoms with van der Waals surface area (Å²) in [6.45, 7) is 2.38. The van der Waals surface area contributed by atoms with Crippen molar-refractivity contribution in [1.82, 2.24) is 10.2 Å². The van der Waals surface area contributed by atoms with E-state index in [0.29, 0.717) is 13.0 Å². The maximum atomic E-state index is 13.8. The van der Waals surface area contributed by atoms with E-state index in [0.717, 1.165) is 47.5 Å². The molecular formula is C31H36N2O3S. The zero-order chi connectivity index (χ0) is 26.0. The molecule has 1 fully saturated rings. The van der Waals surface area contributed by atoms with Gasteiger partial charge < -0.3 is 15.0 Å². The number of benzene rings is 3. The summed E-state index contributed by atoms with van der Waals surface area (Å²) in [6, 6.07) is 25.4. The van der Waals surface area contributed by atoms with Crippen LogP contribution in [0.25, 0.3) is 0 Å². The zero-order valence-electron chi connectivity index (χ0n) is 21.7. The van der Waals surface area contributed by atoms with Crippen LogP contribution in [0.3, 0.4) is 0 Å². The van der Waals surface area contributed by atoms with E-state index in [1.807, 2.05) is 85.8 Å². The summed E-state index contributed by atoms with van der Waals surface area (Å²) in [7, 11) is 1.63. The molecule has 6 heteroatoms. The third-order valence-electron chi connectivity index (χ3n) is 6.84. The summed E-state index contributed by atoms with van der Waals surface area (Å²) in [4.78, 5) is 30.3. The second kappa shape index (κ2) is 13.3. The fourth-order valence-electron chi connectivity index (χ4n) is 4.75. The molecule has 5 nitrogen and oxygen atoms in total. The van der Waals surface area contributed by atoms with E-state index in [-0.39, 0.29) is 23.6 Å². The predicted molar refractivity (Wildman–Crippen MR) is 150 cm³/mol. The molecule has 37 heavy (non-hydrogen) atoms. The van der Waals surface area contributed by atoms with Crippen LogP contribution < -0.4 is 10.1 Å². The molecule has 194 valence electrons. The lowest BCUT2D eigenvalue weighted by atomic mass is 10.0. The summed E-state index contributed by atoms with van der Waals surface area (Å²) in [5.74, 6) is 0.854. The molecule has 1 aliphatic rings. The van der Waals surface area contributed by atoms with Crippen LogP contribution in [0.2, 0.25) is 0 Å². The molecule has 0 aromatic heterocycles. The number of nitrogens with one attached hydrogen (secondary N) is 1. The van der Waals surface area contributed by atoms with Crippen LogP contribution in [0.15, 0.2) is 83.8 Å². The number of nitrogens with zero attached hydrogens (tertiary/aromatic N) is 1. The summed E-state index contributed by atoms with van der Waals surface area (Å²) in [5, 5.41) is 3.26. The second-order valence-corrected chi connectivity index (χ2v) is 10.7. The Morgan fingerprint density at radius 3 is 2.38 bits per heavy atom. The van der Waals surface area contributed by atoms with Gasteiger partial charge in [-0.2, -0.15) is 0 Å². The van der Waals surface area contributed by atoms with Gasteiger partial charge in [0, 0.05) is 23.9 Å². The quantitative estimate of drug-likeness (QED) is 0.328. The van der Waals surface area contributed by atoms with Crippen molar-refractivity contribution in [1.29, 1.82) is 0 Å². The maximum absolute atomic E-state index is 13.8. The first-order valence-corrected chi connectivity index (χ1v) is 14.0. The molecule has 0 aliphatic heterocycles. The van der Waals surface area contributed by atoms with E-state index in [1.165, 1.54) is 17.3 Å². The van der Waals surface area contributed by atoms with Crippen molar-refractivity contribution < 1.29 is 14.3 Å². The van der Waals surface area contributed by atoms with Gasteiger partial charge in [0.1, 0.15) is 11.8 Å². The molecule has 0 bridgehead atoms. The van der Waals surface area contributed by atoms with Crippen LogP contribution in [-0.4, -0.2) is 41.7 Å². The SMILES string of the molecule is COc1cccc(CN(C(=O)CSc2ccc(C)cc2)[C@@H](Cc2ccccc2)C(=O)NC2CCCC2)c1. The maximum Gasteiger partial charge on any atom is 0.243 e. The van der Waals surface area contributed by atoms with Crippen LogP contribution in [0, 0.1) is 6.92 Å². The molecule has 1 N–H and O–H groups in total. The van der Waals surface area contributed by atoms with E-state index in [2.05, 4.69) is 5.32 Å². The fourth-order valence-corrected chi connectivity index (χ4v) is 5.54. The molecule has 1 atom stereocenters. The first-order valence-electron chi connectivity index (χ1n) is 13.0. The second-order valence-electron chi connectivity index (χ2n) is 9.67. The molecule has 1 saturated carbocycles. The lowest BCUT2D eigenvalue weighted by molar-refractivity contribution is -0.139. The van der Waals surface area contributed by atoms with Crippen LogP contribution in [-0.2, 0) is 22.6 Å². The van der Waals surface area contributed by atoms with Crippen molar-refractivity contribution in [3.05, 3.63) is 95.6 Å². The van der Waals surface area contributed by atoms with Crippen molar-refractivity contribution in [3.8, 4) is 5.75 Å². The van der Waals surface area contributed by atoms with Gasteiger partial charge in [-0.3, -0.25) is 9.59 Å². The van der Waals surface area contributed by atoms with E-state index in [4.69, 9.17) is 4.74 Å². The summed E-state index contributed by atoms with van der Waals surface area (Å²) in [5.41, 5.74) is 3.14. The number of aryl methyl sites for hydroxylation is 1. The first-order chi connectivity index (χ1) is 18.0. The Labute approximate surface area is 224 Å². The van der Waals surface area contributed by atoms with Gasteiger partial charge in [0.2, 0.25) is 11.8 Å². The normalized spacial score (nSPS) is 14.2. The van der Waals surface area contributed by atoms with E-state index in [1.54, 1.807) is 12.0 Å². The summed E-state index contributed by atoms with van der Waals surface area (Å²) < 4.78 is 5.42. The number of carbonyl (C=O) groups excluding carboxylic acids is 2. The summed E-state index contributed by atoms with van der Waals surface area (Å²) >= 11 is 1.50. The number of ether oxygens (including phenoxy) is 1. The van der Waals surface area contributed by atoms with E-state index in [9.17, 15) is 9.59 Å². The fraction of sp³-hybridized carbons (Fsp3) is 0.355. The number of rotatable bonds is 11. The highest BCUT2D eigenvalue weighted by atomic mass is 32.2. The van der Waals surface area contributed by atoms with Gasteiger partial charge in [-0.15, -0.1) is 11.8 Å². The van der Waals surface area contributed by atoms with Crippen LogP contribution in [0.4, 0.5) is 0 Å². The molecule has 0 heterocycles. The number of amides is 2. The number of hydrogen-bond acceptors (Lipinski definition) is 4. The lowest BCUT2D eigenvalue weighted by Gasteiger charge is -2.32. The predicted octanol–water partition coefficient (Wildman–Crippen LogP) is 5.79. The number of carbonyl (C=O) groups is 2. The van der Waals surface area contributed by atoms with Gasteiger partial charge in [0.05, 0.1) is 12.9 Å². The topological polar surface area (TPSA) is 58.6 Å². The third kappa shape index (κ3) is 7.86. The Hall–Kier alpha value is -3.25. The monoisotopic (exact) mass is 516 g/mol. The standard InChI is InChI=1S/C31H36N2O3S/c1-23-15-17-28(18-16-23)37-22-30(34)33(21-25-11-8-14-27(19-25)36-2)29(20-24-9-4-3-5-10-24)31(35)32-26-12-6-7-13-26/h3-5,8-11,14-19,26,29H,6-7,12-13,20-22H2,1-2H3,(H,32,35)/t29-/m0/s1. The van der Waals surface area contributed by atoms with Gasteiger partial charge in [0.25, 0.3) is 0 Å². The Balaban J connectivity index is 1.61. The van der Waals surface area contributed by atoms with Gasteiger partial charge >= 0.3 is 0 Å². The van der Waals surface area contributed by atoms with Gasteiger partial charge in [-0.1, -0.05) is 73.0 Å². The van der Waals surface area contributed by atoms with Crippen molar-refractivity contribution in [3.63, 3.8) is 0 Å². The highest BCUT2D eigenvalue weighted by molar-refractivity contribution is 8.00. The molecule has 1 aliphatic carbocycles. The minimum absolute atomic E-state index is 0.0594. The molecule has 2 amide bonds. The van der Waals surface area contributed by atoms with Crippen LogP contribution in [0.5, 0.6) is 5.75 Å². The molecule has 4 rings (SSSR count). The Morgan fingerprint density at radius 1 is 0.973 bits per heavy atom. The van der Waals surface area contributed by atoms with Gasteiger partial charge in [-0.25, -0.2) is 0 Å².